The van der Waals surface area contributed by atoms with Crippen molar-refractivity contribution >= 4 is 79.2 Å². The standard InChI is InChI=1S/C19H12BrIN2O7S/c20-14-7-12(21)5-11(17(14)30-9-16(24)25)6-15-18(26)22(19(27)31-15)8-10-2-1-3-13(4-10)23(28)29/h1-7H,8-9H2,(H,24,25)/b15-6+. The molecule has 0 saturated carbocycles. The van der Waals surface area contributed by atoms with E-state index in [9.17, 15) is 24.5 Å². The maximum absolute atomic E-state index is 12.8. The number of rotatable bonds is 7. The number of nitrogens with zero attached hydrogens (tertiary/aromatic N) is 2. The number of amides is 2. The van der Waals surface area contributed by atoms with E-state index in [2.05, 4.69) is 38.5 Å². The number of nitro groups is 1. The lowest BCUT2D eigenvalue weighted by Crippen LogP contribution is -2.27. The molecule has 0 unspecified atom stereocenters. The largest absolute Gasteiger partial charge is 0.480 e. The SMILES string of the molecule is O=C(O)COc1c(Br)cc(I)cc1/C=C1/SC(=O)N(Cc2cccc([N+](=O)[O-])c2)C1=O. The lowest BCUT2D eigenvalue weighted by atomic mass is 10.1. The minimum Gasteiger partial charge on any atom is -0.480 e. The Balaban J connectivity index is 1.89. The molecule has 0 atom stereocenters. The first-order chi connectivity index (χ1) is 14.7. The molecule has 0 radical (unpaired) electrons. The maximum Gasteiger partial charge on any atom is 0.341 e. The van der Waals surface area contributed by atoms with Crippen molar-refractivity contribution in [2.24, 2.45) is 0 Å². The molecule has 9 nitrogen and oxygen atoms in total. The monoisotopic (exact) mass is 618 g/mol. The minimum absolute atomic E-state index is 0.109. The molecule has 31 heavy (non-hydrogen) atoms. The number of nitro benzene ring substituents is 1. The summed E-state index contributed by atoms with van der Waals surface area (Å²) >= 11 is 6.11. The zero-order valence-electron chi connectivity index (χ0n) is 15.4. The van der Waals surface area contributed by atoms with Gasteiger partial charge in [0.2, 0.25) is 0 Å². The second-order valence-electron chi connectivity index (χ2n) is 6.18. The van der Waals surface area contributed by atoms with Gasteiger partial charge in [-0.1, -0.05) is 12.1 Å². The number of imide groups is 1. The van der Waals surface area contributed by atoms with Crippen molar-refractivity contribution < 1.29 is 29.2 Å². The summed E-state index contributed by atoms with van der Waals surface area (Å²) in [5.74, 6) is -1.48. The van der Waals surface area contributed by atoms with Crippen LogP contribution in [0.15, 0.2) is 45.8 Å². The number of hydrogen-bond donors (Lipinski definition) is 1. The maximum atomic E-state index is 12.8. The van der Waals surface area contributed by atoms with E-state index in [-0.39, 0.29) is 22.9 Å². The lowest BCUT2D eigenvalue weighted by Gasteiger charge is -2.13. The van der Waals surface area contributed by atoms with E-state index in [0.29, 0.717) is 15.6 Å². The fraction of sp³-hybridized carbons (Fsp3) is 0.105. The smallest absolute Gasteiger partial charge is 0.341 e. The Morgan fingerprint density at radius 3 is 2.74 bits per heavy atom. The molecule has 1 N–H and O–H groups in total. The fourth-order valence-electron chi connectivity index (χ4n) is 2.70. The normalized spacial score (nSPS) is 14.9. The number of ether oxygens (including phenoxy) is 1. The third-order valence-electron chi connectivity index (χ3n) is 4.00. The topological polar surface area (TPSA) is 127 Å². The van der Waals surface area contributed by atoms with E-state index in [1.165, 1.54) is 24.3 Å². The summed E-state index contributed by atoms with van der Waals surface area (Å²) in [7, 11) is 0. The van der Waals surface area contributed by atoms with Crippen LogP contribution in [-0.4, -0.2) is 38.7 Å². The number of non-ortho nitro benzene ring substituents is 1. The van der Waals surface area contributed by atoms with Crippen molar-refractivity contribution in [1.29, 1.82) is 0 Å². The van der Waals surface area contributed by atoms with Crippen molar-refractivity contribution in [2.45, 2.75) is 6.54 Å². The molecule has 0 aliphatic carbocycles. The summed E-state index contributed by atoms with van der Waals surface area (Å²) in [4.78, 5) is 47.6. The molecule has 0 aromatic heterocycles. The van der Waals surface area contributed by atoms with Gasteiger partial charge < -0.3 is 9.84 Å². The molecule has 0 spiro atoms. The number of thioether (sulfide) groups is 1. The Hall–Kier alpha value is -2.45. The summed E-state index contributed by atoms with van der Waals surface area (Å²) in [6, 6.07) is 9.12. The van der Waals surface area contributed by atoms with Crippen LogP contribution in [0.25, 0.3) is 6.08 Å². The van der Waals surface area contributed by atoms with Crippen LogP contribution in [0.2, 0.25) is 0 Å². The molecule has 1 heterocycles. The average molecular weight is 619 g/mol. The van der Waals surface area contributed by atoms with Gasteiger partial charge in [0.1, 0.15) is 5.75 Å². The summed E-state index contributed by atoms with van der Waals surface area (Å²) in [5, 5.41) is 19.3. The number of hydrogen-bond acceptors (Lipinski definition) is 7. The molecule has 1 aliphatic rings. The van der Waals surface area contributed by atoms with E-state index in [0.717, 1.165) is 20.2 Å². The molecule has 1 saturated heterocycles. The third-order valence-corrected chi connectivity index (χ3v) is 6.12. The van der Waals surface area contributed by atoms with Crippen LogP contribution in [-0.2, 0) is 16.1 Å². The minimum atomic E-state index is -1.16. The van der Waals surface area contributed by atoms with Gasteiger partial charge in [0.15, 0.2) is 6.61 Å². The zero-order chi connectivity index (χ0) is 22.7. The van der Waals surface area contributed by atoms with Crippen molar-refractivity contribution in [1.82, 2.24) is 4.90 Å². The van der Waals surface area contributed by atoms with Gasteiger partial charge in [0, 0.05) is 21.3 Å². The Kier molecular flexibility index (Phi) is 7.33. The van der Waals surface area contributed by atoms with Gasteiger partial charge >= 0.3 is 5.97 Å². The van der Waals surface area contributed by atoms with Crippen molar-refractivity contribution in [3.63, 3.8) is 0 Å². The predicted octanol–water partition coefficient (Wildman–Crippen LogP) is 4.66. The second kappa shape index (κ2) is 9.78. The molecule has 0 bridgehead atoms. The summed E-state index contributed by atoms with van der Waals surface area (Å²) in [6.45, 7) is -0.684. The van der Waals surface area contributed by atoms with Gasteiger partial charge in [-0.3, -0.25) is 24.6 Å². The van der Waals surface area contributed by atoms with Gasteiger partial charge in [0.05, 0.1) is 20.8 Å². The number of aliphatic carboxylic acids is 1. The fourth-order valence-corrected chi connectivity index (χ4v) is 5.20. The summed E-state index contributed by atoms with van der Waals surface area (Å²) in [6.07, 6.45) is 1.46. The van der Waals surface area contributed by atoms with Crippen LogP contribution in [0, 0.1) is 13.7 Å². The van der Waals surface area contributed by atoms with Crippen LogP contribution in [0.5, 0.6) is 5.75 Å². The van der Waals surface area contributed by atoms with E-state index in [1.807, 2.05) is 0 Å². The molecule has 160 valence electrons. The van der Waals surface area contributed by atoms with E-state index in [4.69, 9.17) is 9.84 Å². The van der Waals surface area contributed by atoms with Gasteiger partial charge in [-0.05, 0) is 74.1 Å². The highest BCUT2D eigenvalue weighted by Gasteiger charge is 2.35. The number of carbonyl (C=O) groups excluding carboxylic acids is 2. The Bertz CT molecular complexity index is 1140. The quantitative estimate of drug-likeness (QED) is 0.205. The first kappa shape index (κ1) is 23.2. The predicted molar refractivity (Wildman–Crippen MR) is 125 cm³/mol. The Labute approximate surface area is 201 Å². The van der Waals surface area contributed by atoms with Gasteiger partial charge in [-0.15, -0.1) is 0 Å². The van der Waals surface area contributed by atoms with Crippen molar-refractivity contribution in [2.75, 3.05) is 6.61 Å². The molecule has 2 aromatic rings. The number of carboxylic acid groups (broad SMARTS) is 1. The van der Waals surface area contributed by atoms with Crippen LogP contribution in [0.3, 0.4) is 0 Å². The Morgan fingerprint density at radius 2 is 2.06 bits per heavy atom. The third kappa shape index (κ3) is 5.62. The van der Waals surface area contributed by atoms with Gasteiger partial charge in [-0.25, -0.2) is 4.79 Å². The highest BCUT2D eigenvalue weighted by molar-refractivity contribution is 14.1. The van der Waals surface area contributed by atoms with Gasteiger partial charge in [0.25, 0.3) is 16.8 Å². The van der Waals surface area contributed by atoms with Crippen LogP contribution >= 0.6 is 50.3 Å². The highest BCUT2D eigenvalue weighted by Crippen LogP contribution is 2.38. The van der Waals surface area contributed by atoms with Crippen LogP contribution in [0.1, 0.15) is 11.1 Å². The molecule has 2 aromatic carbocycles. The molecule has 2 amide bonds. The van der Waals surface area contributed by atoms with E-state index >= 15 is 0 Å². The van der Waals surface area contributed by atoms with Crippen LogP contribution < -0.4 is 4.74 Å². The highest BCUT2D eigenvalue weighted by atomic mass is 127. The number of carboxylic acids is 1. The first-order valence-electron chi connectivity index (χ1n) is 8.48. The molecule has 1 aliphatic heterocycles. The molecule has 3 rings (SSSR count). The molecule has 12 heteroatoms. The first-order valence-corrected chi connectivity index (χ1v) is 11.2. The zero-order valence-corrected chi connectivity index (χ0v) is 20.0. The number of halogens is 2. The average Bonchev–Trinajstić information content (AvgIpc) is 2.94. The van der Waals surface area contributed by atoms with Crippen molar-refractivity contribution in [3.05, 3.63) is 70.6 Å². The second-order valence-corrected chi connectivity index (χ2v) is 9.28. The Morgan fingerprint density at radius 1 is 1.32 bits per heavy atom. The van der Waals surface area contributed by atoms with Crippen molar-refractivity contribution in [3.8, 4) is 5.75 Å². The van der Waals surface area contributed by atoms with E-state index < -0.39 is 28.6 Å². The summed E-state index contributed by atoms with van der Waals surface area (Å²) in [5.41, 5.74) is 0.741. The number of carbonyl (C=O) groups is 3. The molecular weight excluding hydrogens is 607 g/mol. The van der Waals surface area contributed by atoms with E-state index in [1.54, 1.807) is 18.2 Å². The molecular formula is C19H12BrIN2O7S. The van der Waals surface area contributed by atoms with Gasteiger partial charge in [-0.2, -0.15) is 0 Å². The lowest BCUT2D eigenvalue weighted by molar-refractivity contribution is -0.384. The molecule has 1 fully saturated rings. The summed E-state index contributed by atoms with van der Waals surface area (Å²) < 4.78 is 6.64. The van der Waals surface area contributed by atoms with Crippen LogP contribution in [0.4, 0.5) is 10.5 Å². The number of benzene rings is 2.